The second kappa shape index (κ2) is 6.30. The molecule has 3 rings (SSSR count). The SMILES string of the molecule is O=C(NC1CC(=O)N(c2ccccc2)C1)Oc1ccccc1. The molecule has 0 bridgehead atoms. The lowest BCUT2D eigenvalue weighted by atomic mass is 10.3. The standard InChI is InChI=1S/C17H16N2O3/c20-16-11-13(12-19(16)14-7-3-1-4-8-14)18-17(21)22-15-9-5-2-6-10-15/h1-10,13H,11-12H2,(H,18,21). The van der Waals surface area contributed by atoms with Gasteiger partial charge in [-0.15, -0.1) is 0 Å². The molecule has 2 amide bonds. The van der Waals surface area contributed by atoms with Gasteiger partial charge in [0.1, 0.15) is 5.75 Å². The molecule has 5 nitrogen and oxygen atoms in total. The van der Waals surface area contributed by atoms with E-state index in [0.29, 0.717) is 12.3 Å². The molecule has 1 fully saturated rings. The Hall–Kier alpha value is -2.82. The first kappa shape index (κ1) is 14.1. The van der Waals surface area contributed by atoms with Crippen LogP contribution in [0.3, 0.4) is 0 Å². The van der Waals surface area contributed by atoms with Gasteiger partial charge in [0, 0.05) is 18.7 Å². The second-order valence-corrected chi connectivity index (χ2v) is 5.09. The van der Waals surface area contributed by atoms with Crippen LogP contribution in [-0.4, -0.2) is 24.6 Å². The number of carbonyl (C=O) groups is 2. The number of benzene rings is 2. The number of rotatable bonds is 3. The number of amides is 2. The van der Waals surface area contributed by atoms with Gasteiger partial charge in [-0.1, -0.05) is 36.4 Å². The van der Waals surface area contributed by atoms with Crippen molar-refractivity contribution in [3.05, 3.63) is 60.7 Å². The van der Waals surface area contributed by atoms with E-state index in [0.717, 1.165) is 5.69 Å². The Bertz CT molecular complexity index is 658. The summed E-state index contributed by atoms with van der Waals surface area (Å²) in [7, 11) is 0. The molecule has 0 aliphatic carbocycles. The molecule has 112 valence electrons. The third-order valence-corrected chi connectivity index (χ3v) is 3.47. The van der Waals surface area contributed by atoms with Crippen LogP contribution in [0, 0.1) is 0 Å². The number of ether oxygens (including phenoxy) is 1. The van der Waals surface area contributed by atoms with Crippen molar-refractivity contribution in [2.75, 3.05) is 11.4 Å². The van der Waals surface area contributed by atoms with Crippen molar-refractivity contribution in [1.29, 1.82) is 0 Å². The molecule has 0 spiro atoms. The van der Waals surface area contributed by atoms with Gasteiger partial charge in [0.25, 0.3) is 0 Å². The number of nitrogens with zero attached hydrogens (tertiary/aromatic N) is 1. The van der Waals surface area contributed by atoms with Gasteiger partial charge in [-0.2, -0.15) is 0 Å². The fourth-order valence-corrected chi connectivity index (χ4v) is 2.45. The zero-order valence-corrected chi connectivity index (χ0v) is 11.9. The summed E-state index contributed by atoms with van der Waals surface area (Å²) >= 11 is 0. The quantitative estimate of drug-likeness (QED) is 0.947. The third-order valence-electron chi connectivity index (χ3n) is 3.47. The van der Waals surface area contributed by atoms with Gasteiger partial charge in [-0.05, 0) is 24.3 Å². The minimum absolute atomic E-state index is 0.00351. The van der Waals surface area contributed by atoms with Gasteiger partial charge in [-0.3, -0.25) is 4.79 Å². The van der Waals surface area contributed by atoms with Crippen molar-refractivity contribution in [2.24, 2.45) is 0 Å². The Labute approximate surface area is 128 Å². The number of carbonyl (C=O) groups excluding carboxylic acids is 2. The smallest absolute Gasteiger partial charge is 0.410 e. The number of anilines is 1. The minimum Gasteiger partial charge on any atom is -0.410 e. The van der Waals surface area contributed by atoms with E-state index >= 15 is 0 Å². The van der Waals surface area contributed by atoms with Gasteiger partial charge in [0.2, 0.25) is 5.91 Å². The fourth-order valence-electron chi connectivity index (χ4n) is 2.45. The third kappa shape index (κ3) is 3.25. The zero-order chi connectivity index (χ0) is 15.4. The largest absolute Gasteiger partial charge is 0.412 e. The summed E-state index contributed by atoms with van der Waals surface area (Å²) in [5, 5.41) is 2.73. The average molecular weight is 296 g/mol. The summed E-state index contributed by atoms with van der Waals surface area (Å²) in [4.78, 5) is 25.6. The maximum atomic E-state index is 12.1. The maximum Gasteiger partial charge on any atom is 0.412 e. The Morgan fingerprint density at radius 2 is 1.68 bits per heavy atom. The van der Waals surface area contributed by atoms with E-state index in [-0.39, 0.29) is 18.4 Å². The molecule has 0 aromatic heterocycles. The number of para-hydroxylation sites is 2. The van der Waals surface area contributed by atoms with Crippen LogP contribution >= 0.6 is 0 Å². The molecule has 0 saturated carbocycles. The lowest BCUT2D eigenvalue weighted by Gasteiger charge is -2.17. The fraction of sp³-hybridized carbons (Fsp3) is 0.176. The molecule has 5 heteroatoms. The van der Waals surface area contributed by atoms with E-state index in [4.69, 9.17) is 4.74 Å². The van der Waals surface area contributed by atoms with Crippen molar-refractivity contribution in [1.82, 2.24) is 5.32 Å². The first-order valence-corrected chi connectivity index (χ1v) is 7.11. The van der Waals surface area contributed by atoms with E-state index < -0.39 is 6.09 Å². The van der Waals surface area contributed by atoms with Crippen LogP contribution in [0.5, 0.6) is 5.75 Å². The summed E-state index contributed by atoms with van der Waals surface area (Å²) in [6, 6.07) is 18.0. The van der Waals surface area contributed by atoms with Gasteiger partial charge < -0.3 is 15.0 Å². The highest BCUT2D eigenvalue weighted by molar-refractivity contribution is 5.96. The van der Waals surface area contributed by atoms with Crippen molar-refractivity contribution in [2.45, 2.75) is 12.5 Å². The van der Waals surface area contributed by atoms with E-state index in [1.54, 1.807) is 29.2 Å². The van der Waals surface area contributed by atoms with Gasteiger partial charge in [0.15, 0.2) is 0 Å². The van der Waals surface area contributed by atoms with Crippen LogP contribution in [0.25, 0.3) is 0 Å². The Balaban J connectivity index is 1.58. The molecule has 1 aliphatic heterocycles. The van der Waals surface area contributed by atoms with Gasteiger partial charge >= 0.3 is 6.09 Å². The molecule has 1 atom stereocenters. The van der Waals surface area contributed by atoms with Crippen LogP contribution in [0.1, 0.15) is 6.42 Å². The monoisotopic (exact) mass is 296 g/mol. The average Bonchev–Trinajstić information content (AvgIpc) is 2.89. The molecule has 0 radical (unpaired) electrons. The topological polar surface area (TPSA) is 58.6 Å². The lowest BCUT2D eigenvalue weighted by molar-refractivity contribution is -0.117. The highest BCUT2D eigenvalue weighted by Gasteiger charge is 2.31. The van der Waals surface area contributed by atoms with Crippen LogP contribution in [-0.2, 0) is 4.79 Å². The number of hydrogen-bond acceptors (Lipinski definition) is 3. The number of nitrogens with one attached hydrogen (secondary N) is 1. The molecule has 2 aromatic rings. The predicted octanol–water partition coefficient (Wildman–Crippen LogP) is 2.58. The molecular formula is C17H16N2O3. The van der Waals surface area contributed by atoms with Gasteiger partial charge in [0.05, 0.1) is 6.04 Å². The summed E-state index contributed by atoms with van der Waals surface area (Å²) in [5.74, 6) is 0.473. The Morgan fingerprint density at radius 3 is 2.36 bits per heavy atom. The van der Waals surface area contributed by atoms with Gasteiger partial charge in [-0.25, -0.2) is 4.79 Å². The van der Waals surface area contributed by atoms with Crippen molar-refractivity contribution < 1.29 is 14.3 Å². The normalized spacial score (nSPS) is 17.4. The van der Waals surface area contributed by atoms with Crippen molar-refractivity contribution in [3.63, 3.8) is 0 Å². The first-order valence-electron chi connectivity index (χ1n) is 7.11. The second-order valence-electron chi connectivity index (χ2n) is 5.09. The molecule has 22 heavy (non-hydrogen) atoms. The van der Waals surface area contributed by atoms with Crippen LogP contribution < -0.4 is 15.0 Å². The predicted molar refractivity (Wildman–Crippen MR) is 82.8 cm³/mol. The lowest BCUT2D eigenvalue weighted by Crippen LogP contribution is -2.38. The van der Waals surface area contributed by atoms with Crippen LogP contribution in [0.15, 0.2) is 60.7 Å². The molecule has 1 unspecified atom stereocenters. The summed E-state index contributed by atoms with van der Waals surface area (Å²) < 4.78 is 5.17. The van der Waals surface area contributed by atoms with E-state index in [1.165, 1.54) is 0 Å². The van der Waals surface area contributed by atoms with Crippen LogP contribution in [0.2, 0.25) is 0 Å². The molecule has 1 heterocycles. The molecule has 1 saturated heterocycles. The van der Waals surface area contributed by atoms with Crippen LogP contribution in [0.4, 0.5) is 10.5 Å². The highest BCUT2D eigenvalue weighted by atomic mass is 16.6. The summed E-state index contributed by atoms with van der Waals surface area (Å²) in [5.41, 5.74) is 0.841. The summed E-state index contributed by atoms with van der Waals surface area (Å²) in [6.07, 6.45) is -0.266. The molecule has 1 N–H and O–H groups in total. The first-order chi connectivity index (χ1) is 10.7. The minimum atomic E-state index is -0.543. The summed E-state index contributed by atoms with van der Waals surface area (Å²) in [6.45, 7) is 0.451. The molecule has 1 aliphatic rings. The van der Waals surface area contributed by atoms with Crippen molar-refractivity contribution >= 4 is 17.7 Å². The molecular weight excluding hydrogens is 280 g/mol. The van der Waals surface area contributed by atoms with E-state index in [9.17, 15) is 9.59 Å². The Morgan fingerprint density at radius 1 is 1.05 bits per heavy atom. The molecule has 2 aromatic carbocycles. The Kier molecular flexibility index (Phi) is 4.05. The van der Waals surface area contributed by atoms with E-state index in [2.05, 4.69) is 5.32 Å². The zero-order valence-electron chi connectivity index (χ0n) is 11.9. The van der Waals surface area contributed by atoms with E-state index in [1.807, 2.05) is 36.4 Å². The highest BCUT2D eigenvalue weighted by Crippen LogP contribution is 2.21. The number of hydrogen-bond donors (Lipinski definition) is 1. The maximum absolute atomic E-state index is 12.1. The van der Waals surface area contributed by atoms with Crippen molar-refractivity contribution in [3.8, 4) is 5.75 Å².